The van der Waals surface area contributed by atoms with Gasteiger partial charge in [-0.25, -0.2) is 4.98 Å². The molecule has 0 bridgehead atoms. The third-order valence-corrected chi connectivity index (χ3v) is 3.76. The Balaban J connectivity index is 0.00000264. The molecule has 23 heavy (non-hydrogen) atoms. The Morgan fingerprint density at radius 1 is 1.43 bits per heavy atom. The molecule has 7 heteroatoms. The molecular formula is C16H27ClN4O2. The summed E-state index contributed by atoms with van der Waals surface area (Å²) in [6.45, 7) is 3.83. The second kappa shape index (κ2) is 10.4. The molecule has 0 spiro atoms. The summed E-state index contributed by atoms with van der Waals surface area (Å²) in [6, 6.07) is 3.79. The first-order chi connectivity index (χ1) is 10.6. The molecule has 0 radical (unpaired) electrons. The molecule has 2 rings (SSSR count). The standard InChI is InChI=1S/C16H26N4O2.ClH/c1-20(2)9-10-22-15-11-13(3-8-18-15)12-19-16(21)14-4-6-17-7-5-14;/h3,8,11,14,17H,4-7,9-10,12H2,1-2H3,(H,19,21);1H. The largest absolute Gasteiger partial charge is 0.476 e. The smallest absolute Gasteiger partial charge is 0.223 e. The lowest BCUT2D eigenvalue weighted by Gasteiger charge is -2.21. The lowest BCUT2D eigenvalue weighted by molar-refractivity contribution is -0.125. The summed E-state index contributed by atoms with van der Waals surface area (Å²) in [5.74, 6) is 0.891. The monoisotopic (exact) mass is 342 g/mol. The van der Waals surface area contributed by atoms with Crippen LogP contribution in [0.3, 0.4) is 0 Å². The summed E-state index contributed by atoms with van der Waals surface area (Å²) in [5.41, 5.74) is 1.01. The van der Waals surface area contributed by atoms with Crippen molar-refractivity contribution in [2.45, 2.75) is 19.4 Å². The number of nitrogens with one attached hydrogen (secondary N) is 2. The van der Waals surface area contributed by atoms with E-state index in [0.29, 0.717) is 19.0 Å². The van der Waals surface area contributed by atoms with Crippen molar-refractivity contribution in [3.8, 4) is 5.88 Å². The minimum absolute atomic E-state index is 0. The van der Waals surface area contributed by atoms with Gasteiger partial charge in [0.05, 0.1) is 0 Å². The van der Waals surface area contributed by atoms with E-state index in [-0.39, 0.29) is 24.2 Å². The van der Waals surface area contributed by atoms with E-state index in [2.05, 4.69) is 20.5 Å². The molecular weight excluding hydrogens is 316 g/mol. The Bertz CT molecular complexity index is 479. The van der Waals surface area contributed by atoms with Gasteiger partial charge in [0.25, 0.3) is 0 Å². The Labute approximate surface area is 144 Å². The van der Waals surface area contributed by atoms with E-state index in [0.717, 1.165) is 38.0 Å². The molecule has 1 aliphatic heterocycles. The van der Waals surface area contributed by atoms with Crippen LogP contribution in [-0.2, 0) is 11.3 Å². The van der Waals surface area contributed by atoms with Crippen molar-refractivity contribution in [2.24, 2.45) is 5.92 Å². The molecule has 130 valence electrons. The van der Waals surface area contributed by atoms with Crippen molar-refractivity contribution in [2.75, 3.05) is 40.3 Å². The third-order valence-electron chi connectivity index (χ3n) is 3.76. The predicted molar refractivity (Wildman–Crippen MR) is 93.0 cm³/mol. The summed E-state index contributed by atoms with van der Waals surface area (Å²) in [7, 11) is 4.01. The van der Waals surface area contributed by atoms with Gasteiger partial charge in [-0.2, -0.15) is 0 Å². The molecule has 0 atom stereocenters. The van der Waals surface area contributed by atoms with Crippen molar-refractivity contribution in [3.05, 3.63) is 23.9 Å². The summed E-state index contributed by atoms with van der Waals surface area (Å²) < 4.78 is 5.61. The maximum absolute atomic E-state index is 12.1. The quantitative estimate of drug-likeness (QED) is 0.775. The Hall–Kier alpha value is -1.37. The van der Waals surface area contributed by atoms with Crippen LogP contribution in [0.1, 0.15) is 18.4 Å². The van der Waals surface area contributed by atoms with Crippen molar-refractivity contribution in [1.29, 1.82) is 0 Å². The molecule has 1 aromatic heterocycles. The van der Waals surface area contributed by atoms with Crippen LogP contribution in [-0.4, -0.2) is 56.1 Å². The van der Waals surface area contributed by atoms with Gasteiger partial charge in [-0.05, 0) is 51.7 Å². The van der Waals surface area contributed by atoms with Crippen LogP contribution in [0.25, 0.3) is 0 Å². The zero-order valence-corrected chi connectivity index (χ0v) is 14.7. The number of hydrogen-bond acceptors (Lipinski definition) is 5. The number of amides is 1. The normalized spacial score (nSPS) is 15.1. The van der Waals surface area contributed by atoms with Crippen LogP contribution >= 0.6 is 12.4 Å². The first-order valence-corrected chi connectivity index (χ1v) is 7.86. The number of aromatic nitrogens is 1. The van der Waals surface area contributed by atoms with E-state index < -0.39 is 0 Å². The Morgan fingerprint density at radius 2 is 2.17 bits per heavy atom. The van der Waals surface area contributed by atoms with Crippen molar-refractivity contribution in [3.63, 3.8) is 0 Å². The SMILES string of the molecule is CN(C)CCOc1cc(CNC(=O)C2CCNCC2)ccn1.Cl. The molecule has 0 saturated carbocycles. The van der Waals surface area contributed by atoms with Crippen molar-refractivity contribution >= 4 is 18.3 Å². The van der Waals surface area contributed by atoms with Gasteiger partial charge in [0.15, 0.2) is 0 Å². The van der Waals surface area contributed by atoms with Crippen LogP contribution in [0.5, 0.6) is 5.88 Å². The van der Waals surface area contributed by atoms with Gasteiger partial charge in [-0.15, -0.1) is 12.4 Å². The number of nitrogens with zero attached hydrogens (tertiary/aromatic N) is 2. The van der Waals surface area contributed by atoms with Crippen LogP contribution in [0.4, 0.5) is 0 Å². The molecule has 1 saturated heterocycles. The second-order valence-electron chi connectivity index (χ2n) is 5.90. The van der Waals surface area contributed by atoms with E-state index in [4.69, 9.17) is 4.74 Å². The minimum atomic E-state index is 0. The lowest BCUT2D eigenvalue weighted by atomic mass is 9.97. The fraction of sp³-hybridized carbons (Fsp3) is 0.625. The number of carbonyl (C=O) groups excluding carboxylic acids is 1. The zero-order chi connectivity index (χ0) is 15.8. The van der Waals surface area contributed by atoms with Gasteiger partial charge in [0.2, 0.25) is 11.8 Å². The van der Waals surface area contributed by atoms with Crippen LogP contribution in [0.15, 0.2) is 18.3 Å². The molecule has 0 aromatic carbocycles. The third kappa shape index (κ3) is 7.16. The second-order valence-corrected chi connectivity index (χ2v) is 5.90. The number of hydrogen-bond donors (Lipinski definition) is 2. The zero-order valence-electron chi connectivity index (χ0n) is 13.9. The van der Waals surface area contributed by atoms with E-state index in [1.165, 1.54) is 0 Å². The minimum Gasteiger partial charge on any atom is -0.476 e. The van der Waals surface area contributed by atoms with Crippen molar-refractivity contribution < 1.29 is 9.53 Å². The molecule has 1 fully saturated rings. The summed E-state index contributed by atoms with van der Waals surface area (Å²) >= 11 is 0. The molecule has 0 aliphatic carbocycles. The Kier molecular flexibility index (Phi) is 8.91. The van der Waals surface area contributed by atoms with Gasteiger partial charge in [0.1, 0.15) is 6.61 Å². The molecule has 1 amide bonds. The molecule has 1 aliphatic rings. The summed E-state index contributed by atoms with van der Waals surface area (Å²) in [5, 5.41) is 6.28. The van der Waals surface area contributed by atoms with Gasteiger partial charge in [0, 0.05) is 31.3 Å². The number of halogens is 1. The topological polar surface area (TPSA) is 66.5 Å². The average Bonchev–Trinajstić information content (AvgIpc) is 2.53. The average molecular weight is 343 g/mol. The number of likely N-dealkylation sites (N-methyl/N-ethyl adjacent to an activating group) is 1. The molecule has 2 N–H and O–H groups in total. The van der Waals surface area contributed by atoms with Crippen molar-refractivity contribution in [1.82, 2.24) is 20.5 Å². The number of ether oxygens (including phenoxy) is 1. The summed E-state index contributed by atoms with van der Waals surface area (Å²) in [4.78, 5) is 18.4. The highest BCUT2D eigenvalue weighted by molar-refractivity contribution is 5.85. The van der Waals surface area contributed by atoms with E-state index >= 15 is 0 Å². The fourth-order valence-corrected chi connectivity index (χ4v) is 2.39. The maximum atomic E-state index is 12.1. The predicted octanol–water partition coefficient (Wildman–Crippen LogP) is 1.06. The molecule has 6 nitrogen and oxygen atoms in total. The van der Waals surface area contributed by atoms with E-state index in [9.17, 15) is 4.79 Å². The van der Waals surface area contributed by atoms with Gasteiger partial charge in [-0.3, -0.25) is 4.79 Å². The number of carbonyl (C=O) groups is 1. The molecule has 0 unspecified atom stereocenters. The van der Waals surface area contributed by atoms with Crippen LogP contribution in [0, 0.1) is 5.92 Å². The highest BCUT2D eigenvalue weighted by Gasteiger charge is 2.20. The number of piperidine rings is 1. The van der Waals surface area contributed by atoms with Gasteiger partial charge in [-0.1, -0.05) is 0 Å². The number of rotatable bonds is 7. The fourth-order valence-electron chi connectivity index (χ4n) is 2.39. The molecule has 1 aromatic rings. The molecule has 2 heterocycles. The summed E-state index contributed by atoms with van der Waals surface area (Å²) in [6.07, 6.45) is 3.55. The van der Waals surface area contributed by atoms with Crippen LogP contribution < -0.4 is 15.4 Å². The highest BCUT2D eigenvalue weighted by Crippen LogP contribution is 2.13. The van der Waals surface area contributed by atoms with Gasteiger partial charge >= 0.3 is 0 Å². The Morgan fingerprint density at radius 3 is 2.87 bits per heavy atom. The van der Waals surface area contributed by atoms with E-state index in [1.807, 2.05) is 26.2 Å². The van der Waals surface area contributed by atoms with Crippen LogP contribution in [0.2, 0.25) is 0 Å². The highest BCUT2D eigenvalue weighted by atomic mass is 35.5. The van der Waals surface area contributed by atoms with Gasteiger partial charge < -0.3 is 20.3 Å². The first kappa shape index (κ1) is 19.7. The number of pyridine rings is 1. The first-order valence-electron chi connectivity index (χ1n) is 7.86. The van der Waals surface area contributed by atoms with E-state index in [1.54, 1.807) is 6.20 Å². The maximum Gasteiger partial charge on any atom is 0.223 e. The lowest BCUT2D eigenvalue weighted by Crippen LogP contribution is -2.37.